The molecule has 20 heavy (non-hydrogen) atoms. The van der Waals surface area contributed by atoms with Crippen molar-refractivity contribution in [2.45, 2.75) is 13.1 Å². The van der Waals surface area contributed by atoms with Crippen LogP contribution in [0, 0.1) is 0 Å². The molecule has 0 atom stereocenters. The van der Waals surface area contributed by atoms with Crippen LogP contribution in [0.15, 0.2) is 46.9 Å². The smallest absolute Gasteiger partial charge is 0.0548 e. The minimum absolute atomic E-state index is 0.738. The molecule has 2 rings (SSSR count). The number of rotatable bonds is 5. The Balaban J connectivity index is 1.95. The largest absolute Gasteiger partial charge is 0.381 e. The van der Waals surface area contributed by atoms with E-state index >= 15 is 0 Å². The van der Waals surface area contributed by atoms with Crippen LogP contribution in [0.2, 0.25) is 5.02 Å². The summed E-state index contributed by atoms with van der Waals surface area (Å²) in [6.07, 6.45) is 0. The van der Waals surface area contributed by atoms with Crippen LogP contribution in [0.3, 0.4) is 0 Å². The standard InChI is InChI=1S/C16H18BrClN2/c1-20(2)11-12-3-6-14(7-4-12)19-10-13-5-8-16(18)15(17)9-13/h3-9,19H,10-11H2,1-2H3. The Kier molecular flexibility index (Phi) is 5.46. The molecule has 0 heterocycles. The molecule has 106 valence electrons. The highest BCUT2D eigenvalue weighted by Crippen LogP contribution is 2.23. The molecule has 0 unspecified atom stereocenters. The number of nitrogens with zero attached hydrogens (tertiary/aromatic N) is 1. The second-order valence-electron chi connectivity index (χ2n) is 5.04. The van der Waals surface area contributed by atoms with Crippen molar-refractivity contribution in [3.63, 3.8) is 0 Å². The fraction of sp³-hybridized carbons (Fsp3) is 0.250. The lowest BCUT2D eigenvalue weighted by Gasteiger charge is -2.11. The average Bonchev–Trinajstić information content (AvgIpc) is 2.41. The number of anilines is 1. The van der Waals surface area contributed by atoms with Gasteiger partial charge in [-0.2, -0.15) is 0 Å². The molecule has 0 amide bonds. The second-order valence-corrected chi connectivity index (χ2v) is 6.30. The minimum atomic E-state index is 0.738. The lowest BCUT2D eigenvalue weighted by molar-refractivity contribution is 0.402. The summed E-state index contributed by atoms with van der Waals surface area (Å²) in [5.41, 5.74) is 3.63. The van der Waals surface area contributed by atoms with Gasteiger partial charge in [0.1, 0.15) is 0 Å². The predicted molar refractivity (Wildman–Crippen MR) is 90.3 cm³/mol. The number of nitrogens with one attached hydrogen (secondary N) is 1. The summed E-state index contributed by atoms with van der Waals surface area (Å²) < 4.78 is 0.930. The molecule has 0 radical (unpaired) electrons. The van der Waals surface area contributed by atoms with Crippen molar-refractivity contribution >= 4 is 33.2 Å². The van der Waals surface area contributed by atoms with Crippen LogP contribution in [0.5, 0.6) is 0 Å². The van der Waals surface area contributed by atoms with Gasteiger partial charge in [-0.25, -0.2) is 0 Å². The zero-order valence-corrected chi connectivity index (χ0v) is 14.0. The van der Waals surface area contributed by atoms with Gasteiger partial charge in [0.2, 0.25) is 0 Å². The third-order valence-corrected chi connectivity index (χ3v) is 4.15. The second kappa shape index (κ2) is 7.11. The average molecular weight is 354 g/mol. The molecule has 4 heteroatoms. The first-order valence-electron chi connectivity index (χ1n) is 6.46. The molecule has 2 nitrogen and oxygen atoms in total. The van der Waals surface area contributed by atoms with E-state index in [4.69, 9.17) is 11.6 Å². The Morgan fingerprint density at radius 1 is 1.05 bits per heavy atom. The molecule has 0 aromatic heterocycles. The van der Waals surface area contributed by atoms with Crippen LogP contribution in [0.4, 0.5) is 5.69 Å². The van der Waals surface area contributed by atoms with E-state index in [-0.39, 0.29) is 0 Å². The number of hydrogen-bond acceptors (Lipinski definition) is 2. The van der Waals surface area contributed by atoms with E-state index in [2.05, 4.69) is 64.5 Å². The molecular formula is C16H18BrClN2. The van der Waals surface area contributed by atoms with Crippen molar-refractivity contribution in [1.82, 2.24) is 4.90 Å². The van der Waals surface area contributed by atoms with Crippen LogP contribution in [-0.2, 0) is 13.1 Å². The highest BCUT2D eigenvalue weighted by Gasteiger charge is 2.00. The molecule has 0 saturated carbocycles. The molecule has 0 aliphatic carbocycles. The van der Waals surface area contributed by atoms with E-state index in [0.29, 0.717) is 0 Å². The van der Waals surface area contributed by atoms with Crippen LogP contribution < -0.4 is 5.32 Å². The van der Waals surface area contributed by atoms with Gasteiger partial charge >= 0.3 is 0 Å². The predicted octanol–water partition coefficient (Wildman–Crippen LogP) is 4.78. The molecule has 0 aliphatic heterocycles. The molecule has 0 aliphatic rings. The molecule has 0 fully saturated rings. The summed E-state index contributed by atoms with van der Waals surface area (Å²) in [5, 5.41) is 4.15. The summed E-state index contributed by atoms with van der Waals surface area (Å²) in [5.74, 6) is 0. The zero-order valence-electron chi connectivity index (χ0n) is 11.7. The van der Waals surface area contributed by atoms with Gasteiger partial charge in [0.15, 0.2) is 0 Å². The van der Waals surface area contributed by atoms with Crippen molar-refractivity contribution in [3.8, 4) is 0 Å². The molecule has 2 aromatic carbocycles. The van der Waals surface area contributed by atoms with Gasteiger partial charge in [-0.3, -0.25) is 0 Å². The van der Waals surface area contributed by atoms with E-state index in [0.717, 1.165) is 28.3 Å². The first-order chi connectivity index (χ1) is 9.54. The quantitative estimate of drug-likeness (QED) is 0.832. The molecule has 0 spiro atoms. The fourth-order valence-corrected chi connectivity index (χ4v) is 2.49. The topological polar surface area (TPSA) is 15.3 Å². The Bertz CT molecular complexity index is 567. The van der Waals surface area contributed by atoms with Crippen LogP contribution in [0.1, 0.15) is 11.1 Å². The Labute approximate surface area is 133 Å². The van der Waals surface area contributed by atoms with Crippen molar-refractivity contribution in [2.24, 2.45) is 0 Å². The van der Waals surface area contributed by atoms with E-state index in [1.807, 2.05) is 18.2 Å². The van der Waals surface area contributed by atoms with Crippen LogP contribution in [-0.4, -0.2) is 19.0 Å². The van der Waals surface area contributed by atoms with Crippen LogP contribution >= 0.6 is 27.5 Å². The number of halogens is 2. The molecule has 1 N–H and O–H groups in total. The lowest BCUT2D eigenvalue weighted by Crippen LogP contribution is -2.10. The van der Waals surface area contributed by atoms with Gasteiger partial charge in [-0.05, 0) is 65.4 Å². The van der Waals surface area contributed by atoms with Gasteiger partial charge in [0, 0.05) is 23.2 Å². The summed E-state index contributed by atoms with van der Waals surface area (Å²) in [4.78, 5) is 2.16. The van der Waals surface area contributed by atoms with Gasteiger partial charge in [-0.1, -0.05) is 29.8 Å². The van der Waals surface area contributed by atoms with Gasteiger partial charge in [0.25, 0.3) is 0 Å². The van der Waals surface area contributed by atoms with Crippen molar-refractivity contribution < 1.29 is 0 Å². The lowest BCUT2D eigenvalue weighted by atomic mass is 10.2. The van der Waals surface area contributed by atoms with Gasteiger partial charge < -0.3 is 10.2 Å². The SMILES string of the molecule is CN(C)Cc1ccc(NCc2ccc(Cl)c(Br)c2)cc1. The zero-order chi connectivity index (χ0) is 14.5. The van der Waals surface area contributed by atoms with E-state index in [1.165, 1.54) is 11.1 Å². The van der Waals surface area contributed by atoms with E-state index in [1.54, 1.807) is 0 Å². The number of benzene rings is 2. The maximum absolute atomic E-state index is 5.99. The summed E-state index contributed by atoms with van der Waals surface area (Å²) in [6.45, 7) is 1.74. The third-order valence-electron chi connectivity index (χ3n) is 2.93. The highest BCUT2D eigenvalue weighted by molar-refractivity contribution is 9.10. The molecule has 0 bridgehead atoms. The third kappa shape index (κ3) is 4.51. The Morgan fingerprint density at radius 2 is 1.70 bits per heavy atom. The number of hydrogen-bond donors (Lipinski definition) is 1. The summed E-state index contributed by atoms with van der Waals surface area (Å²) >= 11 is 9.43. The van der Waals surface area contributed by atoms with Crippen molar-refractivity contribution in [2.75, 3.05) is 19.4 Å². The molecular weight excluding hydrogens is 336 g/mol. The maximum atomic E-state index is 5.99. The minimum Gasteiger partial charge on any atom is -0.381 e. The Morgan fingerprint density at radius 3 is 2.30 bits per heavy atom. The monoisotopic (exact) mass is 352 g/mol. The summed E-state index contributed by atoms with van der Waals surface area (Å²) in [7, 11) is 4.15. The molecule has 2 aromatic rings. The van der Waals surface area contributed by atoms with E-state index < -0.39 is 0 Å². The maximum Gasteiger partial charge on any atom is 0.0548 e. The van der Waals surface area contributed by atoms with Gasteiger partial charge in [0.05, 0.1) is 5.02 Å². The first-order valence-corrected chi connectivity index (χ1v) is 7.63. The normalized spacial score (nSPS) is 10.8. The van der Waals surface area contributed by atoms with Crippen molar-refractivity contribution in [3.05, 3.63) is 63.1 Å². The Hall–Kier alpha value is -1.03. The first kappa shape index (κ1) is 15.4. The van der Waals surface area contributed by atoms with E-state index in [9.17, 15) is 0 Å². The molecule has 0 saturated heterocycles. The van der Waals surface area contributed by atoms with Crippen LogP contribution in [0.25, 0.3) is 0 Å². The van der Waals surface area contributed by atoms with Crippen molar-refractivity contribution in [1.29, 1.82) is 0 Å². The summed E-state index contributed by atoms with van der Waals surface area (Å²) in [6, 6.07) is 14.5. The fourth-order valence-electron chi connectivity index (χ4n) is 1.95. The highest BCUT2D eigenvalue weighted by atomic mass is 79.9. The van der Waals surface area contributed by atoms with Gasteiger partial charge in [-0.15, -0.1) is 0 Å².